The number of ether oxygens (including phenoxy) is 1. The van der Waals surface area contributed by atoms with Crippen molar-refractivity contribution >= 4 is 21.4 Å². The molecule has 106 valence electrons. The summed E-state index contributed by atoms with van der Waals surface area (Å²) in [5, 5.41) is 1.88. The third-order valence-corrected chi connectivity index (χ3v) is 4.43. The van der Waals surface area contributed by atoms with Crippen molar-refractivity contribution in [1.29, 1.82) is 0 Å². The molecule has 0 spiro atoms. The molecular formula is C12H18N2O3S2. The zero-order valence-electron chi connectivity index (χ0n) is 10.8. The molecule has 0 saturated carbocycles. The fraction of sp³-hybridized carbons (Fsp3) is 0.500. The molecule has 0 unspecified atom stereocenters. The minimum atomic E-state index is -3.31. The van der Waals surface area contributed by atoms with Gasteiger partial charge in [-0.3, -0.25) is 0 Å². The Morgan fingerprint density at radius 3 is 3.00 bits per heavy atom. The molecule has 0 aliphatic rings. The van der Waals surface area contributed by atoms with Crippen molar-refractivity contribution in [3.63, 3.8) is 0 Å². The first-order valence-electron chi connectivity index (χ1n) is 5.89. The van der Waals surface area contributed by atoms with Gasteiger partial charge in [-0.2, -0.15) is 0 Å². The topological polar surface area (TPSA) is 81.4 Å². The third-order valence-electron chi connectivity index (χ3n) is 2.22. The number of hydrogen-bond donors (Lipinski definition) is 2. The maximum absolute atomic E-state index is 11.7. The van der Waals surface area contributed by atoms with Crippen molar-refractivity contribution < 1.29 is 13.2 Å². The molecule has 0 fully saturated rings. The van der Waals surface area contributed by atoms with Crippen LogP contribution in [-0.2, 0) is 21.3 Å². The highest BCUT2D eigenvalue weighted by Gasteiger charge is 2.11. The Balaban J connectivity index is 2.54. The maximum Gasteiger partial charge on any atom is 0.214 e. The molecule has 1 aromatic rings. The largest absolute Gasteiger partial charge is 0.381 e. The van der Waals surface area contributed by atoms with Crippen molar-refractivity contribution in [3.8, 4) is 11.8 Å². The second-order valence-corrected chi connectivity index (χ2v) is 6.53. The molecule has 0 amide bonds. The Hall–Kier alpha value is -0.910. The van der Waals surface area contributed by atoms with Crippen molar-refractivity contribution in [2.75, 3.05) is 25.5 Å². The summed E-state index contributed by atoms with van der Waals surface area (Å²) in [4.78, 5) is 0.890. The van der Waals surface area contributed by atoms with Crippen LogP contribution in [0, 0.1) is 11.8 Å². The predicted octanol–water partition coefficient (Wildman–Crippen LogP) is 0.514. The van der Waals surface area contributed by atoms with E-state index in [1.54, 1.807) is 0 Å². The van der Waals surface area contributed by atoms with Crippen LogP contribution in [0.25, 0.3) is 0 Å². The average molecular weight is 302 g/mol. The molecule has 0 radical (unpaired) electrons. The van der Waals surface area contributed by atoms with Gasteiger partial charge in [0.2, 0.25) is 10.0 Å². The fourth-order valence-electron chi connectivity index (χ4n) is 1.30. The first-order chi connectivity index (χ1) is 9.09. The summed E-state index contributed by atoms with van der Waals surface area (Å²) in [6.45, 7) is 3.08. The van der Waals surface area contributed by atoms with Crippen LogP contribution in [0.2, 0.25) is 0 Å². The lowest BCUT2D eigenvalue weighted by Crippen LogP contribution is -2.28. The molecule has 0 saturated heterocycles. The van der Waals surface area contributed by atoms with Crippen LogP contribution in [0.15, 0.2) is 11.4 Å². The molecule has 0 aliphatic heterocycles. The highest BCUT2D eigenvalue weighted by molar-refractivity contribution is 7.89. The first-order valence-corrected chi connectivity index (χ1v) is 8.42. The van der Waals surface area contributed by atoms with E-state index in [0.717, 1.165) is 10.4 Å². The Morgan fingerprint density at radius 2 is 2.32 bits per heavy atom. The second-order valence-electron chi connectivity index (χ2n) is 3.60. The molecule has 7 heteroatoms. The van der Waals surface area contributed by atoms with E-state index in [1.807, 2.05) is 18.4 Å². The van der Waals surface area contributed by atoms with E-state index in [0.29, 0.717) is 6.61 Å². The van der Waals surface area contributed by atoms with E-state index in [4.69, 9.17) is 10.5 Å². The van der Waals surface area contributed by atoms with E-state index in [2.05, 4.69) is 16.6 Å². The summed E-state index contributed by atoms with van der Waals surface area (Å²) in [5.41, 5.74) is 6.13. The van der Waals surface area contributed by atoms with Gasteiger partial charge < -0.3 is 10.5 Å². The standard InChI is InChI=1S/C12H18N2O3S2/c1-2-17-7-9-19(15,16)14-10-12-11(4-3-6-13)5-8-18-12/h5,8,14H,2,6-7,9-10,13H2,1H3. The summed E-state index contributed by atoms with van der Waals surface area (Å²) >= 11 is 1.47. The molecule has 1 rings (SSSR count). The van der Waals surface area contributed by atoms with Crippen LogP contribution in [0.3, 0.4) is 0 Å². The van der Waals surface area contributed by atoms with E-state index in [-0.39, 0.29) is 25.4 Å². The quantitative estimate of drug-likeness (QED) is 0.568. The summed E-state index contributed by atoms with van der Waals surface area (Å²) in [7, 11) is -3.31. The molecule has 0 atom stereocenters. The molecule has 3 N–H and O–H groups in total. The smallest absolute Gasteiger partial charge is 0.214 e. The van der Waals surface area contributed by atoms with Gasteiger partial charge in [0.1, 0.15) is 0 Å². The molecule has 1 heterocycles. The summed E-state index contributed by atoms with van der Waals surface area (Å²) in [5.74, 6) is 5.64. The second kappa shape index (κ2) is 8.30. The van der Waals surface area contributed by atoms with Gasteiger partial charge in [-0.15, -0.1) is 11.3 Å². The number of sulfonamides is 1. The predicted molar refractivity (Wildman–Crippen MR) is 77.4 cm³/mol. The minimum absolute atomic E-state index is 0.0317. The monoisotopic (exact) mass is 302 g/mol. The number of thiophene rings is 1. The van der Waals surface area contributed by atoms with Gasteiger partial charge in [-0.25, -0.2) is 13.1 Å². The summed E-state index contributed by atoms with van der Waals surface area (Å²) < 4.78 is 30.9. The van der Waals surface area contributed by atoms with Gasteiger partial charge in [0.15, 0.2) is 0 Å². The Bertz CT molecular complexity index is 541. The van der Waals surface area contributed by atoms with Crippen molar-refractivity contribution in [2.24, 2.45) is 5.73 Å². The normalized spacial score (nSPS) is 11.1. The average Bonchev–Trinajstić information content (AvgIpc) is 2.82. The lowest BCUT2D eigenvalue weighted by atomic mass is 10.2. The van der Waals surface area contributed by atoms with Crippen molar-refractivity contribution in [1.82, 2.24) is 4.72 Å². The van der Waals surface area contributed by atoms with Crippen LogP contribution in [0.5, 0.6) is 0 Å². The minimum Gasteiger partial charge on any atom is -0.381 e. The SMILES string of the molecule is CCOCCS(=O)(=O)NCc1sccc1C#CCN. The summed E-state index contributed by atoms with van der Waals surface area (Å²) in [6.07, 6.45) is 0. The molecule has 1 aromatic heterocycles. The van der Waals surface area contributed by atoms with Gasteiger partial charge in [-0.05, 0) is 18.4 Å². The highest BCUT2D eigenvalue weighted by Crippen LogP contribution is 2.15. The van der Waals surface area contributed by atoms with Crippen LogP contribution in [0.1, 0.15) is 17.4 Å². The molecule has 0 bridgehead atoms. The number of nitrogens with one attached hydrogen (secondary N) is 1. The van der Waals surface area contributed by atoms with E-state index >= 15 is 0 Å². The first kappa shape index (κ1) is 16.1. The molecule has 19 heavy (non-hydrogen) atoms. The van der Waals surface area contributed by atoms with E-state index in [1.165, 1.54) is 11.3 Å². The van der Waals surface area contributed by atoms with Crippen LogP contribution in [0.4, 0.5) is 0 Å². The van der Waals surface area contributed by atoms with Gasteiger partial charge in [-0.1, -0.05) is 11.8 Å². The zero-order chi connectivity index (χ0) is 14.1. The number of hydrogen-bond acceptors (Lipinski definition) is 5. The fourth-order valence-corrected chi connectivity index (χ4v) is 3.00. The van der Waals surface area contributed by atoms with Gasteiger partial charge >= 0.3 is 0 Å². The van der Waals surface area contributed by atoms with Gasteiger partial charge in [0.05, 0.1) is 18.9 Å². The lowest BCUT2D eigenvalue weighted by molar-refractivity contribution is 0.163. The van der Waals surface area contributed by atoms with E-state index in [9.17, 15) is 8.42 Å². The van der Waals surface area contributed by atoms with Crippen molar-refractivity contribution in [3.05, 3.63) is 21.9 Å². The highest BCUT2D eigenvalue weighted by atomic mass is 32.2. The number of nitrogens with two attached hydrogens (primary N) is 1. The Kier molecular flexibility index (Phi) is 7.05. The molecule has 5 nitrogen and oxygen atoms in total. The van der Waals surface area contributed by atoms with Crippen LogP contribution >= 0.6 is 11.3 Å². The molecular weight excluding hydrogens is 284 g/mol. The third kappa shape index (κ3) is 6.18. The number of rotatable bonds is 7. The molecule has 0 aliphatic carbocycles. The van der Waals surface area contributed by atoms with E-state index < -0.39 is 10.0 Å². The lowest BCUT2D eigenvalue weighted by Gasteiger charge is -2.06. The maximum atomic E-state index is 11.7. The van der Waals surface area contributed by atoms with Gasteiger partial charge in [0.25, 0.3) is 0 Å². The molecule has 0 aromatic carbocycles. The Morgan fingerprint density at radius 1 is 1.53 bits per heavy atom. The van der Waals surface area contributed by atoms with Crippen molar-refractivity contribution in [2.45, 2.75) is 13.5 Å². The van der Waals surface area contributed by atoms with Gasteiger partial charge in [0, 0.05) is 23.6 Å². The zero-order valence-corrected chi connectivity index (χ0v) is 12.4. The van der Waals surface area contributed by atoms with Crippen LogP contribution in [-0.4, -0.2) is 33.9 Å². The Labute approximate surface area is 118 Å². The van der Waals surface area contributed by atoms with Crippen LogP contribution < -0.4 is 10.5 Å². The summed E-state index contributed by atoms with van der Waals surface area (Å²) in [6, 6.07) is 1.86.